The van der Waals surface area contributed by atoms with Gasteiger partial charge in [-0.05, 0) is 152 Å². The number of aliphatic hydroxyl groups excluding tert-OH is 1. The van der Waals surface area contributed by atoms with Crippen LogP contribution in [-0.4, -0.2) is 214 Å². The number of urea groups is 1. The number of carbonyl (C=O) groups excluding carboxylic acids is 12. The van der Waals surface area contributed by atoms with Crippen LogP contribution in [0.5, 0.6) is 0 Å². The fraction of sp³-hybridized carbons (Fsp3) is 0.489. The highest BCUT2D eigenvalue weighted by molar-refractivity contribution is 8.77. The number of rotatable bonds is 46. The first kappa shape index (κ1) is 94.6. The van der Waals surface area contributed by atoms with Gasteiger partial charge in [-0.2, -0.15) is 0 Å². The third-order valence-electron chi connectivity index (χ3n) is 21.4. The molecule has 0 radical (unpaired) electrons. The molecule has 1 aromatic heterocycles. The van der Waals surface area contributed by atoms with Crippen LogP contribution in [0.3, 0.4) is 0 Å². The van der Waals surface area contributed by atoms with E-state index >= 15 is 28.8 Å². The number of nitrogens with two attached hydrogens (primary N) is 2. The fourth-order valence-corrected chi connectivity index (χ4v) is 17.8. The second-order valence-corrected chi connectivity index (χ2v) is 35.2. The zero-order chi connectivity index (χ0) is 86.9. The Morgan fingerprint density at radius 2 is 1.07 bits per heavy atom. The summed E-state index contributed by atoms with van der Waals surface area (Å²) in [4.78, 5) is 180. The van der Waals surface area contributed by atoms with Crippen LogP contribution in [0.4, 0.5) is 10.5 Å². The maximum absolute atomic E-state index is 15.6. The quantitative estimate of drug-likeness (QED) is 0.0166. The predicted octanol–water partition coefficient (Wildman–Crippen LogP) is 5.50. The van der Waals surface area contributed by atoms with E-state index < -0.39 is 132 Å². The first-order valence-corrected chi connectivity index (χ1v) is 44.5. The minimum absolute atomic E-state index is 0.0376. The van der Waals surface area contributed by atoms with Gasteiger partial charge in [0.25, 0.3) is 0 Å². The molecule has 0 aliphatic carbocycles. The highest BCUT2D eigenvalue weighted by atomic mass is 35.5. The Hall–Kier alpha value is -10.2. The van der Waals surface area contributed by atoms with Crippen LogP contribution in [-0.2, 0) is 96.1 Å². The summed E-state index contributed by atoms with van der Waals surface area (Å²) < 4.78 is 5.58. The van der Waals surface area contributed by atoms with Gasteiger partial charge in [-0.1, -0.05) is 164 Å². The van der Waals surface area contributed by atoms with Crippen molar-refractivity contribution in [3.8, 4) is 0 Å². The van der Waals surface area contributed by atoms with Crippen LogP contribution in [0.25, 0.3) is 10.8 Å². The number of morpholine rings is 1. The number of aromatic nitrogens is 1. The number of anilines is 1. The molecule has 3 aliphatic heterocycles. The van der Waals surface area contributed by atoms with Crippen molar-refractivity contribution >= 4 is 121 Å². The molecule has 4 heterocycles. The predicted molar refractivity (Wildman–Crippen MR) is 468 cm³/mol. The molecular weight excluding hydrogens is 1600 g/mol. The lowest BCUT2D eigenvalue weighted by atomic mass is 9.99. The van der Waals surface area contributed by atoms with Crippen molar-refractivity contribution in [2.75, 3.05) is 57.1 Å². The molecule has 652 valence electrons. The zero-order valence-corrected chi connectivity index (χ0v) is 71.8. The van der Waals surface area contributed by atoms with Gasteiger partial charge in [0.2, 0.25) is 65.0 Å². The molecule has 3 fully saturated rings. The average Bonchev–Trinajstić information content (AvgIpc) is 1.68. The minimum atomic E-state index is -1.83. The van der Waals surface area contributed by atoms with Gasteiger partial charge in [0.15, 0.2) is 0 Å². The second kappa shape index (κ2) is 48.4. The Morgan fingerprint density at radius 3 is 1.64 bits per heavy atom. The van der Waals surface area contributed by atoms with E-state index in [1.807, 2.05) is 97.8 Å². The highest BCUT2D eigenvalue weighted by Gasteiger charge is 2.41. The minimum Gasteiger partial charge on any atom is -0.394 e. The molecule has 33 heteroatoms. The van der Waals surface area contributed by atoms with E-state index in [-0.39, 0.29) is 75.8 Å². The summed E-state index contributed by atoms with van der Waals surface area (Å²) in [5.74, 6) is -7.42. The number of unbranched alkanes of at least 4 members (excludes halogenated alkanes) is 2. The van der Waals surface area contributed by atoms with Gasteiger partial charge in [0.05, 0.1) is 19.8 Å². The van der Waals surface area contributed by atoms with Crippen LogP contribution < -0.4 is 70.0 Å². The number of nitrogens with zero attached hydrogens (tertiary/aromatic N) is 3. The molecule has 3 aliphatic rings. The Bertz CT molecular complexity index is 4450. The van der Waals surface area contributed by atoms with Crippen molar-refractivity contribution in [1.29, 1.82) is 0 Å². The number of pyridine rings is 1. The molecule has 16 N–H and O–H groups in total. The molecule has 9 rings (SSSR count). The molecule has 0 bridgehead atoms. The molecule has 1 unspecified atom stereocenters. The van der Waals surface area contributed by atoms with E-state index in [2.05, 4.69) is 68.4 Å². The lowest BCUT2D eigenvalue weighted by Gasteiger charge is -2.31. The maximum atomic E-state index is 15.6. The maximum Gasteiger partial charge on any atom is 0.312 e. The van der Waals surface area contributed by atoms with E-state index in [0.717, 1.165) is 41.4 Å². The number of fused-ring (bicyclic) bond motifs is 1. The molecule has 6 aromatic rings. The van der Waals surface area contributed by atoms with Gasteiger partial charge in [-0.3, -0.25) is 62.6 Å². The number of likely N-dealkylation sites (tertiary alicyclic amines) is 1. The van der Waals surface area contributed by atoms with E-state index in [0.29, 0.717) is 115 Å². The second-order valence-electron chi connectivity index (χ2n) is 31.9. The number of benzene rings is 5. The summed E-state index contributed by atoms with van der Waals surface area (Å²) in [6, 6.07) is 22.3. The number of hydrogen-bond acceptors (Lipinski definition) is 19. The summed E-state index contributed by atoms with van der Waals surface area (Å²) in [6.45, 7) is 12.0. The van der Waals surface area contributed by atoms with Crippen molar-refractivity contribution in [2.45, 2.75) is 216 Å². The van der Waals surface area contributed by atoms with Crippen molar-refractivity contribution in [3.05, 3.63) is 178 Å². The van der Waals surface area contributed by atoms with Gasteiger partial charge in [0.1, 0.15) is 60.4 Å². The Balaban J connectivity index is 0.999. The number of hydrogen-bond donors (Lipinski definition) is 14. The Labute approximate surface area is 720 Å². The highest BCUT2D eigenvalue weighted by Crippen LogP contribution is 2.40. The first-order valence-electron chi connectivity index (χ1n) is 41.7. The third-order valence-corrected chi connectivity index (χ3v) is 24.6. The summed E-state index contributed by atoms with van der Waals surface area (Å²) in [6.07, 6.45) is 8.17. The van der Waals surface area contributed by atoms with Crippen LogP contribution in [0, 0.1) is 5.92 Å². The van der Waals surface area contributed by atoms with Crippen molar-refractivity contribution in [3.63, 3.8) is 0 Å². The van der Waals surface area contributed by atoms with Gasteiger partial charge in [-0.25, -0.2) is 4.79 Å². The molecule has 5 aromatic carbocycles. The van der Waals surface area contributed by atoms with Crippen LogP contribution in [0.2, 0.25) is 5.02 Å². The topological polar surface area (TPSA) is 438 Å². The van der Waals surface area contributed by atoms with Crippen molar-refractivity contribution in [2.24, 2.45) is 17.4 Å². The molecule has 13 amide bonds. The third kappa shape index (κ3) is 31.3. The van der Waals surface area contributed by atoms with Crippen LogP contribution >= 0.6 is 33.2 Å². The largest absolute Gasteiger partial charge is 0.394 e. The Kier molecular flexibility index (Phi) is 37.9. The number of ether oxygens (including phenoxy) is 1. The standard InChI is InChI=1S/C88H117ClN16O14S2/c1-54(2)44-69(79(109)96-68(18-10-11-37-93-55(3)4)87(117)105-38-13-19-76(105)86(116)94-56(5)78(90)108)97-80(110)71(48-59-28-33-66(34-29-59)95-77(107)20-9-8-17-67-35-43-120-121-67)98-82(112)72(46-57-21-23-60(24-22-57)52-104-39-41-119-42-40-104)101-85(115)75(53-106)102-83(113)73(50-62-14-12-36-92-51-62)100-81(111)70(47-58-26-31-65(89)32-27-58)99-84(114)74(103-88(91)118)49-61-25-30-63-15-6-7-16-64(63)45-61/h6-7,12,14-16,21-34,36,45,51,54-56,67-76,93,106H,8-11,13,17-20,35,37-44,46-50,52-53H2,1-5H3,(H2,90,108)(H,94,116)(H,95,107)(H,96,109)(H,97,110)(H,98,112)(H,99,114)(H,100,111)(H,101,115)(H,102,113)(H3,91,103,118)/t56-,67?,68+,69+,70-,71-,72+,73-,74-,75+,76+/m1/s1. The molecule has 11 atom stereocenters. The van der Waals surface area contributed by atoms with Gasteiger partial charge in [-0.15, -0.1) is 0 Å². The lowest BCUT2D eigenvalue weighted by molar-refractivity contribution is -0.142. The number of primary amides is 2. The number of nitrogens with one attached hydrogen (secondary N) is 11. The molecule has 121 heavy (non-hydrogen) atoms. The van der Waals surface area contributed by atoms with E-state index in [1.165, 1.54) is 24.2 Å². The fourth-order valence-electron chi connectivity index (χ4n) is 14.7. The average molecular weight is 1720 g/mol. The summed E-state index contributed by atoms with van der Waals surface area (Å²) >= 11 is 6.29. The molecule has 0 spiro atoms. The van der Waals surface area contributed by atoms with Crippen molar-refractivity contribution in [1.82, 2.24) is 68.0 Å². The number of halogens is 1. The molecule has 30 nitrogen and oxygen atoms in total. The number of aliphatic hydroxyl groups is 1. The normalized spacial score (nSPS) is 17.0. The number of amides is 13. The summed E-state index contributed by atoms with van der Waals surface area (Å²) in [5.41, 5.74) is 15.3. The van der Waals surface area contributed by atoms with Crippen LogP contribution in [0.1, 0.15) is 139 Å². The first-order chi connectivity index (χ1) is 58.1. The van der Waals surface area contributed by atoms with Gasteiger partial charge in [0, 0.05) is 105 Å². The van der Waals surface area contributed by atoms with Crippen LogP contribution in [0.15, 0.2) is 140 Å². The van der Waals surface area contributed by atoms with Gasteiger partial charge < -0.3 is 84.7 Å². The SMILES string of the molecule is CC(C)C[C@H](NC(=O)[C@@H](Cc1ccc(NC(=O)CCCCC2CCSS2)cc1)NC(=O)[C@H](Cc1ccc(CN2CCOCC2)cc1)NC(=O)[C@H](CO)NC(=O)[C@@H](Cc1cccnc1)NC(=O)[C@@H](Cc1ccc(Cl)cc1)NC(=O)[C@@H](Cc1ccc2ccccc2c1)NC(N)=O)C(=O)N[C@@H](CCCCNC(C)C)C(=O)N1CCC[C@H]1C(=O)N[C@H](C)C(N)=O. The Morgan fingerprint density at radius 1 is 0.545 bits per heavy atom. The van der Waals surface area contributed by atoms with E-state index in [9.17, 15) is 33.9 Å². The van der Waals surface area contributed by atoms with Crippen molar-refractivity contribution < 1.29 is 67.4 Å². The zero-order valence-electron chi connectivity index (χ0n) is 69.4. The molecule has 3 saturated heterocycles. The lowest BCUT2D eigenvalue weighted by Crippen LogP contribution is -2.62. The molecule has 0 saturated carbocycles. The number of carbonyl (C=O) groups is 12. The van der Waals surface area contributed by atoms with E-state index in [1.54, 1.807) is 78.9 Å². The summed E-state index contributed by atoms with van der Waals surface area (Å²) in [7, 11) is 3.77. The van der Waals surface area contributed by atoms with Gasteiger partial charge >= 0.3 is 6.03 Å². The monoisotopic (exact) mass is 1720 g/mol. The molecular formula is C88H117ClN16O14S2. The van der Waals surface area contributed by atoms with E-state index in [4.69, 9.17) is 27.8 Å². The smallest absolute Gasteiger partial charge is 0.312 e. The summed E-state index contributed by atoms with van der Waals surface area (Å²) in [5, 5.41) is 45.0.